The van der Waals surface area contributed by atoms with Crippen molar-refractivity contribution in [2.75, 3.05) is 5.73 Å². The molecule has 1 aromatic carbocycles. The molecule has 1 aliphatic rings. The number of rotatable bonds is 2. The van der Waals surface area contributed by atoms with Crippen molar-refractivity contribution in [1.29, 1.82) is 0 Å². The van der Waals surface area contributed by atoms with E-state index in [-0.39, 0.29) is 0 Å². The fraction of sp³-hybridized carbons (Fsp3) is 0.167. The number of thiophene rings is 1. The molecule has 7 heteroatoms. The number of fused-ring (bicyclic) bond motifs is 1. The molecule has 3 rings (SSSR count). The third kappa shape index (κ3) is 2.31. The van der Waals surface area contributed by atoms with Gasteiger partial charge < -0.3 is 5.73 Å². The van der Waals surface area contributed by atoms with Crippen molar-refractivity contribution in [2.24, 2.45) is 0 Å². The lowest BCUT2D eigenvalue weighted by molar-refractivity contribution is 0.433. The zero-order valence-corrected chi connectivity index (χ0v) is 13.1. The molecule has 0 atom stereocenters. The minimum absolute atomic E-state index is 0.361. The molecule has 0 spiro atoms. The molecule has 0 saturated carbocycles. The molecule has 2 N–H and O–H groups in total. The normalized spacial score (nSPS) is 15.6. The molecule has 2 heterocycles. The van der Waals surface area contributed by atoms with Gasteiger partial charge in [0.2, 0.25) is 0 Å². The van der Waals surface area contributed by atoms with E-state index in [2.05, 4.69) is 15.9 Å². The van der Waals surface area contributed by atoms with Crippen LogP contribution in [0, 0.1) is 0 Å². The number of anilines is 1. The molecule has 0 radical (unpaired) electrons. The summed E-state index contributed by atoms with van der Waals surface area (Å²) in [6.45, 7) is 0.797. The average molecular weight is 359 g/mol. The lowest BCUT2D eigenvalue weighted by atomic mass is 10.1. The lowest BCUT2D eigenvalue weighted by Gasteiger charge is -2.13. The number of hydrogen-bond acceptors (Lipinski definition) is 4. The number of halogens is 1. The van der Waals surface area contributed by atoms with Gasteiger partial charge in [0.05, 0.1) is 3.79 Å². The Morgan fingerprint density at radius 3 is 2.58 bits per heavy atom. The molecule has 0 fully saturated rings. The first-order chi connectivity index (χ1) is 8.96. The maximum atomic E-state index is 12.5. The van der Waals surface area contributed by atoms with Crippen molar-refractivity contribution < 1.29 is 8.42 Å². The highest BCUT2D eigenvalue weighted by molar-refractivity contribution is 9.11. The van der Waals surface area contributed by atoms with Crippen LogP contribution in [-0.2, 0) is 23.1 Å². The number of nitrogens with two attached hydrogens (primary N) is 1. The molecule has 100 valence electrons. The van der Waals surface area contributed by atoms with Crippen molar-refractivity contribution in [2.45, 2.75) is 17.3 Å². The van der Waals surface area contributed by atoms with E-state index in [1.54, 1.807) is 18.2 Å². The Morgan fingerprint density at radius 2 is 1.89 bits per heavy atom. The predicted molar refractivity (Wildman–Crippen MR) is 79.3 cm³/mol. The highest BCUT2D eigenvalue weighted by atomic mass is 79.9. The summed E-state index contributed by atoms with van der Waals surface area (Å²) in [6, 6.07) is 8.91. The zero-order valence-electron chi connectivity index (χ0n) is 9.84. The molecule has 0 bridgehead atoms. The second-order valence-electron chi connectivity index (χ2n) is 4.36. The van der Waals surface area contributed by atoms with Gasteiger partial charge in [0.15, 0.2) is 0 Å². The van der Waals surface area contributed by atoms with Gasteiger partial charge in [0.25, 0.3) is 10.0 Å². The van der Waals surface area contributed by atoms with Crippen LogP contribution in [0.3, 0.4) is 0 Å². The van der Waals surface area contributed by atoms with Gasteiger partial charge in [0.1, 0.15) is 4.21 Å². The Bertz CT molecular complexity index is 740. The molecule has 4 nitrogen and oxygen atoms in total. The number of benzene rings is 1. The summed E-state index contributed by atoms with van der Waals surface area (Å²) in [5.41, 5.74) is 8.40. The summed E-state index contributed by atoms with van der Waals surface area (Å²) in [5, 5.41) is 0. The fourth-order valence-electron chi connectivity index (χ4n) is 2.12. The largest absolute Gasteiger partial charge is 0.399 e. The van der Waals surface area contributed by atoms with Crippen LogP contribution in [0.25, 0.3) is 0 Å². The smallest absolute Gasteiger partial charge is 0.253 e. The Balaban J connectivity index is 1.94. The van der Waals surface area contributed by atoms with E-state index in [1.807, 2.05) is 12.1 Å². The molecule has 1 aliphatic heterocycles. The van der Waals surface area contributed by atoms with Gasteiger partial charge in [-0.05, 0) is 51.3 Å². The van der Waals surface area contributed by atoms with Gasteiger partial charge in [-0.3, -0.25) is 0 Å². The van der Waals surface area contributed by atoms with Crippen LogP contribution in [0.1, 0.15) is 11.1 Å². The average Bonchev–Trinajstić information content (AvgIpc) is 2.95. The van der Waals surface area contributed by atoms with E-state index < -0.39 is 10.0 Å². The van der Waals surface area contributed by atoms with E-state index >= 15 is 0 Å². The topological polar surface area (TPSA) is 63.4 Å². The van der Waals surface area contributed by atoms with Crippen molar-refractivity contribution in [3.63, 3.8) is 0 Å². The molecule has 0 aliphatic carbocycles. The molecule has 0 amide bonds. The molecule has 1 aromatic heterocycles. The highest BCUT2D eigenvalue weighted by Crippen LogP contribution is 2.33. The number of nitrogen functional groups attached to an aromatic ring is 1. The number of sulfonamides is 1. The molecular weight excluding hydrogens is 348 g/mol. The van der Waals surface area contributed by atoms with Crippen LogP contribution in [-0.4, -0.2) is 12.7 Å². The van der Waals surface area contributed by atoms with Crippen LogP contribution in [0.5, 0.6) is 0 Å². The van der Waals surface area contributed by atoms with Crippen molar-refractivity contribution in [1.82, 2.24) is 4.31 Å². The third-order valence-corrected chi connectivity index (χ3v) is 6.95. The second kappa shape index (κ2) is 4.59. The van der Waals surface area contributed by atoms with Crippen LogP contribution < -0.4 is 5.73 Å². The molecule has 19 heavy (non-hydrogen) atoms. The summed E-state index contributed by atoms with van der Waals surface area (Å²) in [6.07, 6.45) is 0. The number of nitrogens with zero attached hydrogens (tertiary/aromatic N) is 1. The lowest BCUT2D eigenvalue weighted by Crippen LogP contribution is -2.24. The monoisotopic (exact) mass is 358 g/mol. The molecule has 2 aromatic rings. The summed E-state index contributed by atoms with van der Waals surface area (Å²) < 4.78 is 27.6. The van der Waals surface area contributed by atoms with Crippen LogP contribution in [0.15, 0.2) is 38.3 Å². The first kappa shape index (κ1) is 13.1. The van der Waals surface area contributed by atoms with E-state index in [1.165, 1.54) is 15.6 Å². The Hall–Kier alpha value is -0.890. The van der Waals surface area contributed by atoms with Gasteiger partial charge in [-0.15, -0.1) is 11.3 Å². The number of hydrogen-bond donors (Lipinski definition) is 1. The van der Waals surface area contributed by atoms with Crippen molar-refractivity contribution >= 4 is 43.0 Å². The first-order valence-corrected chi connectivity index (χ1v) is 8.64. The Kier molecular flexibility index (Phi) is 3.17. The van der Waals surface area contributed by atoms with E-state index in [0.717, 1.165) is 14.9 Å². The molecular formula is C12H11BrN2O2S2. The van der Waals surface area contributed by atoms with Gasteiger partial charge in [-0.2, -0.15) is 4.31 Å². The van der Waals surface area contributed by atoms with Gasteiger partial charge >= 0.3 is 0 Å². The minimum Gasteiger partial charge on any atom is -0.399 e. The SMILES string of the molecule is Nc1ccc2c(c1)CN(S(=O)(=O)c1ccc(Br)s1)C2. The summed E-state index contributed by atoms with van der Waals surface area (Å²) in [4.78, 5) is 0. The third-order valence-electron chi connectivity index (χ3n) is 3.07. The van der Waals surface area contributed by atoms with Crippen LogP contribution >= 0.6 is 27.3 Å². The van der Waals surface area contributed by atoms with Crippen molar-refractivity contribution in [3.8, 4) is 0 Å². The summed E-state index contributed by atoms with van der Waals surface area (Å²) in [7, 11) is -3.42. The quantitative estimate of drug-likeness (QED) is 0.839. The van der Waals surface area contributed by atoms with Crippen LogP contribution in [0.4, 0.5) is 5.69 Å². The minimum atomic E-state index is -3.42. The second-order valence-corrected chi connectivity index (χ2v) is 8.99. The van der Waals surface area contributed by atoms with Gasteiger partial charge in [-0.1, -0.05) is 6.07 Å². The van der Waals surface area contributed by atoms with Crippen LogP contribution in [0.2, 0.25) is 0 Å². The maximum absolute atomic E-state index is 12.5. The Morgan fingerprint density at radius 1 is 1.16 bits per heavy atom. The fourth-order valence-corrected chi connectivity index (χ4v) is 5.68. The zero-order chi connectivity index (χ0) is 13.6. The van der Waals surface area contributed by atoms with E-state index in [4.69, 9.17) is 5.73 Å². The molecule has 0 saturated heterocycles. The maximum Gasteiger partial charge on any atom is 0.253 e. The first-order valence-electron chi connectivity index (χ1n) is 5.59. The highest BCUT2D eigenvalue weighted by Gasteiger charge is 2.31. The summed E-state index contributed by atoms with van der Waals surface area (Å²) >= 11 is 4.52. The predicted octanol–water partition coefficient (Wildman–Crippen LogP) is 2.80. The van der Waals surface area contributed by atoms with E-state index in [9.17, 15) is 8.42 Å². The summed E-state index contributed by atoms with van der Waals surface area (Å²) in [5.74, 6) is 0. The Labute approximate surface area is 124 Å². The standard InChI is InChI=1S/C12H11BrN2O2S2/c13-11-3-4-12(18-11)19(16,17)15-6-8-1-2-10(14)5-9(8)7-15/h1-5H,6-7,14H2. The van der Waals surface area contributed by atoms with E-state index in [0.29, 0.717) is 23.0 Å². The van der Waals surface area contributed by atoms with Crippen molar-refractivity contribution in [3.05, 3.63) is 45.2 Å². The van der Waals surface area contributed by atoms with Gasteiger partial charge in [0, 0.05) is 18.8 Å². The van der Waals surface area contributed by atoms with Gasteiger partial charge in [-0.25, -0.2) is 8.42 Å². The molecule has 0 unspecified atom stereocenters.